The second kappa shape index (κ2) is 5.34. The van der Waals surface area contributed by atoms with Crippen molar-refractivity contribution in [2.45, 2.75) is 12.8 Å². The van der Waals surface area contributed by atoms with Gasteiger partial charge in [-0.1, -0.05) is 0 Å². The van der Waals surface area contributed by atoms with Gasteiger partial charge in [-0.05, 0) is 24.6 Å². The summed E-state index contributed by atoms with van der Waals surface area (Å²) >= 11 is 0. The number of hydrogen-bond donors (Lipinski definition) is 2. The Balaban J connectivity index is 2.57. The normalized spacial score (nSPS) is 12.1. The molecule has 0 aromatic carbocycles. The van der Waals surface area contributed by atoms with E-state index in [-0.39, 0.29) is 11.8 Å². The summed E-state index contributed by atoms with van der Waals surface area (Å²) in [4.78, 5) is 15.4. The minimum atomic E-state index is -0.149. The van der Waals surface area contributed by atoms with Crippen LogP contribution < -0.4 is 11.1 Å². The lowest BCUT2D eigenvalue weighted by molar-refractivity contribution is -0.122. The number of hydrogen-bond acceptors (Lipinski definition) is 3. The second-order valence-corrected chi connectivity index (χ2v) is 3.08. The SMILES string of the molecule is CC(C(=O)NCCN)c1ccncc1. The van der Waals surface area contributed by atoms with E-state index in [0.29, 0.717) is 13.1 Å². The van der Waals surface area contributed by atoms with Gasteiger partial charge >= 0.3 is 0 Å². The molecule has 0 aliphatic carbocycles. The van der Waals surface area contributed by atoms with Crippen LogP contribution in [0.15, 0.2) is 24.5 Å². The zero-order chi connectivity index (χ0) is 10.4. The predicted octanol–water partition coefficient (Wildman–Crippen LogP) is 0.260. The standard InChI is InChI=1S/C10H15N3O/c1-8(10(14)13-7-4-11)9-2-5-12-6-3-9/h2-3,5-6,8H,4,7,11H2,1H3,(H,13,14). The molecule has 0 saturated heterocycles. The number of aromatic nitrogens is 1. The third kappa shape index (κ3) is 2.81. The van der Waals surface area contributed by atoms with Gasteiger partial charge in [-0.2, -0.15) is 0 Å². The number of nitrogens with one attached hydrogen (secondary N) is 1. The van der Waals surface area contributed by atoms with Crippen molar-refractivity contribution in [3.05, 3.63) is 30.1 Å². The summed E-state index contributed by atoms with van der Waals surface area (Å²) in [6, 6.07) is 3.68. The van der Waals surface area contributed by atoms with Crippen LogP contribution in [0.5, 0.6) is 0 Å². The number of pyridine rings is 1. The summed E-state index contributed by atoms with van der Waals surface area (Å²) < 4.78 is 0. The van der Waals surface area contributed by atoms with Crippen LogP contribution in [0.3, 0.4) is 0 Å². The molecule has 1 unspecified atom stereocenters. The molecular weight excluding hydrogens is 178 g/mol. The number of amides is 1. The third-order valence-corrected chi connectivity index (χ3v) is 2.04. The Morgan fingerprint density at radius 1 is 1.57 bits per heavy atom. The Kier molecular flexibility index (Phi) is 4.07. The molecule has 0 fully saturated rings. The quantitative estimate of drug-likeness (QED) is 0.720. The molecule has 1 rings (SSSR count). The highest BCUT2D eigenvalue weighted by molar-refractivity contribution is 5.83. The van der Waals surface area contributed by atoms with Crippen LogP contribution in [0.25, 0.3) is 0 Å². The van der Waals surface area contributed by atoms with Gasteiger partial charge in [0.1, 0.15) is 0 Å². The summed E-state index contributed by atoms with van der Waals surface area (Å²) in [6.45, 7) is 2.85. The van der Waals surface area contributed by atoms with E-state index in [1.54, 1.807) is 12.4 Å². The van der Waals surface area contributed by atoms with E-state index in [9.17, 15) is 4.79 Å². The van der Waals surface area contributed by atoms with Gasteiger partial charge in [-0.15, -0.1) is 0 Å². The van der Waals surface area contributed by atoms with Crippen molar-refractivity contribution in [2.75, 3.05) is 13.1 Å². The zero-order valence-corrected chi connectivity index (χ0v) is 8.23. The summed E-state index contributed by atoms with van der Waals surface area (Å²) in [5.74, 6) is -0.147. The molecule has 0 spiro atoms. The topological polar surface area (TPSA) is 68.0 Å². The van der Waals surface area contributed by atoms with Crippen molar-refractivity contribution in [1.29, 1.82) is 0 Å². The predicted molar refractivity (Wildman–Crippen MR) is 54.7 cm³/mol. The van der Waals surface area contributed by atoms with Crippen LogP contribution in [0.1, 0.15) is 18.4 Å². The van der Waals surface area contributed by atoms with Gasteiger partial charge in [-0.3, -0.25) is 9.78 Å². The highest BCUT2D eigenvalue weighted by Crippen LogP contribution is 2.13. The lowest BCUT2D eigenvalue weighted by Crippen LogP contribution is -2.32. The van der Waals surface area contributed by atoms with E-state index in [1.165, 1.54) is 0 Å². The Labute approximate surface area is 83.5 Å². The average Bonchev–Trinajstić information content (AvgIpc) is 2.26. The number of nitrogens with two attached hydrogens (primary N) is 1. The highest BCUT2D eigenvalue weighted by atomic mass is 16.1. The Morgan fingerprint density at radius 2 is 2.21 bits per heavy atom. The first-order chi connectivity index (χ1) is 6.75. The van der Waals surface area contributed by atoms with Gasteiger partial charge in [0.25, 0.3) is 0 Å². The lowest BCUT2D eigenvalue weighted by atomic mass is 10.0. The van der Waals surface area contributed by atoms with Crippen LogP contribution in [0.4, 0.5) is 0 Å². The van der Waals surface area contributed by atoms with Gasteiger partial charge in [-0.25, -0.2) is 0 Å². The maximum absolute atomic E-state index is 11.5. The fourth-order valence-electron chi connectivity index (χ4n) is 1.15. The van der Waals surface area contributed by atoms with Crippen LogP contribution >= 0.6 is 0 Å². The zero-order valence-electron chi connectivity index (χ0n) is 8.23. The monoisotopic (exact) mass is 193 g/mol. The molecule has 0 bridgehead atoms. The fraction of sp³-hybridized carbons (Fsp3) is 0.400. The summed E-state index contributed by atoms with van der Waals surface area (Å²) in [7, 11) is 0. The van der Waals surface area contributed by atoms with E-state index in [1.807, 2.05) is 19.1 Å². The Morgan fingerprint density at radius 3 is 2.79 bits per heavy atom. The molecule has 3 N–H and O–H groups in total. The molecule has 0 aliphatic heterocycles. The number of nitrogens with zero attached hydrogens (tertiary/aromatic N) is 1. The molecule has 1 aromatic rings. The lowest BCUT2D eigenvalue weighted by Gasteiger charge is -2.11. The van der Waals surface area contributed by atoms with Crippen molar-refractivity contribution in [3.8, 4) is 0 Å². The van der Waals surface area contributed by atoms with E-state index < -0.39 is 0 Å². The Hall–Kier alpha value is -1.42. The first-order valence-electron chi connectivity index (χ1n) is 4.63. The molecule has 1 amide bonds. The minimum absolute atomic E-state index is 0.00153. The molecule has 1 aromatic heterocycles. The Bertz CT molecular complexity index is 287. The van der Waals surface area contributed by atoms with Crippen molar-refractivity contribution >= 4 is 5.91 Å². The summed E-state index contributed by atoms with van der Waals surface area (Å²) in [5.41, 5.74) is 6.26. The van der Waals surface area contributed by atoms with E-state index >= 15 is 0 Å². The molecule has 14 heavy (non-hydrogen) atoms. The molecule has 0 aliphatic rings. The van der Waals surface area contributed by atoms with Crippen molar-refractivity contribution in [3.63, 3.8) is 0 Å². The van der Waals surface area contributed by atoms with Gasteiger partial charge < -0.3 is 11.1 Å². The first-order valence-corrected chi connectivity index (χ1v) is 4.63. The maximum Gasteiger partial charge on any atom is 0.227 e. The van der Waals surface area contributed by atoms with Gasteiger partial charge in [0.15, 0.2) is 0 Å². The van der Waals surface area contributed by atoms with Gasteiger partial charge in [0.2, 0.25) is 5.91 Å². The first kappa shape index (κ1) is 10.7. The minimum Gasteiger partial charge on any atom is -0.354 e. The second-order valence-electron chi connectivity index (χ2n) is 3.08. The summed E-state index contributed by atoms with van der Waals surface area (Å²) in [5, 5.41) is 2.75. The van der Waals surface area contributed by atoms with Crippen LogP contribution in [-0.4, -0.2) is 24.0 Å². The average molecular weight is 193 g/mol. The molecule has 0 saturated carbocycles. The molecule has 1 atom stereocenters. The van der Waals surface area contributed by atoms with E-state index in [2.05, 4.69) is 10.3 Å². The third-order valence-electron chi connectivity index (χ3n) is 2.04. The van der Waals surface area contributed by atoms with Crippen molar-refractivity contribution < 1.29 is 4.79 Å². The van der Waals surface area contributed by atoms with Crippen LogP contribution in [0, 0.1) is 0 Å². The summed E-state index contributed by atoms with van der Waals surface area (Å²) in [6.07, 6.45) is 3.37. The molecule has 4 nitrogen and oxygen atoms in total. The number of carbonyl (C=O) groups is 1. The number of carbonyl (C=O) groups excluding carboxylic acids is 1. The van der Waals surface area contributed by atoms with Crippen LogP contribution in [0.2, 0.25) is 0 Å². The maximum atomic E-state index is 11.5. The molecule has 76 valence electrons. The highest BCUT2D eigenvalue weighted by Gasteiger charge is 2.13. The van der Waals surface area contributed by atoms with Gasteiger partial charge in [0, 0.05) is 25.5 Å². The van der Waals surface area contributed by atoms with Crippen molar-refractivity contribution in [2.24, 2.45) is 5.73 Å². The van der Waals surface area contributed by atoms with Crippen molar-refractivity contribution in [1.82, 2.24) is 10.3 Å². The van der Waals surface area contributed by atoms with Crippen LogP contribution in [-0.2, 0) is 4.79 Å². The molecular formula is C10H15N3O. The molecule has 1 heterocycles. The van der Waals surface area contributed by atoms with Gasteiger partial charge in [0.05, 0.1) is 5.92 Å². The molecule has 4 heteroatoms. The fourth-order valence-corrected chi connectivity index (χ4v) is 1.15. The molecule has 0 radical (unpaired) electrons. The van der Waals surface area contributed by atoms with E-state index in [0.717, 1.165) is 5.56 Å². The largest absolute Gasteiger partial charge is 0.354 e. The smallest absolute Gasteiger partial charge is 0.227 e. The number of rotatable bonds is 4. The van der Waals surface area contributed by atoms with E-state index in [4.69, 9.17) is 5.73 Å².